The zero-order valence-corrected chi connectivity index (χ0v) is 19.7. The van der Waals surface area contributed by atoms with Gasteiger partial charge >= 0.3 is 12.1 Å². The van der Waals surface area contributed by atoms with Gasteiger partial charge < -0.3 is 25.2 Å². The zero-order valence-electron chi connectivity index (χ0n) is 19.7. The Balaban J connectivity index is 1.43. The second kappa shape index (κ2) is 11.4. The van der Waals surface area contributed by atoms with Crippen molar-refractivity contribution in [3.8, 4) is 11.1 Å². The van der Waals surface area contributed by atoms with E-state index in [2.05, 4.69) is 29.6 Å². The summed E-state index contributed by atoms with van der Waals surface area (Å²) in [5.74, 6) is -2.10. The van der Waals surface area contributed by atoms with Crippen LogP contribution in [0.4, 0.5) is 4.79 Å². The van der Waals surface area contributed by atoms with E-state index in [9.17, 15) is 24.6 Å². The maximum Gasteiger partial charge on any atom is 0.407 e. The average Bonchev–Trinajstić information content (AvgIpc) is 2.98. The highest BCUT2D eigenvalue weighted by atomic mass is 16.5. The molecule has 2 aliphatic carbocycles. The van der Waals surface area contributed by atoms with E-state index < -0.39 is 30.6 Å². The highest BCUT2D eigenvalue weighted by Gasteiger charge is 2.35. The van der Waals surface area contributed by atoms with Crippen molar-refractivity contribution < 1.29 is 29.3 Å². The lowest BCUT2D eigenvalue weighted by Gasteiger charge is -2.30. The fourth-order valence-electron chi connectivity index (χ4n) is 5.35. The molecule has 0 aromatic heterocycles. The second-order valence-corrected chi connectivity index (χ2v) is 9.20. The molecular formula is C27H32N2O6. The van der Waals surface area contributed by atoms with E-state index in [-0.39, 0.29) is 31.6 Å². The summed E-state index contributed by atoms with van der Waals surface area (Å²) in [6, 6.07) is 15.8. The lowest BCUT2D eigenvalue weighted by Crippen LogP contribution is -2.49. The van der Waals surface area contributed by atoms with E-state index in [1.807, 2.05) is 24.3 Å². The highest BCUT2D eigenvalue weighted by molar-refractivity contribution is 5.84. The minimum Gasteiger partial charge on any atom is -0.480 e. The Kier molecular flexibility index (Phi) is 8.02. The van der Waals surface area contributed by atoms with Gasteiger partial charge in [-0.3, -0.25) is 9.59 Å². The number of nitrogens with one attached hydrogen (secondary N) is 1. The molecule has 2 aromatic rings. The van der Waals surface area contributed by atoms with E-state index in [1.54, 1.807) is 0 Å². The number of hydrogen-bond acceptors (Lipinski definition) is 5. The van der Waals surface area contributed by atoms with Crippen molar-refractivity contribution >= 4 is 18.0 Å². The van der Waals surface area contributed by atoms with Gasteiger partial charge in [-0.2, -0.15) is 0 Å². The van der Waals surface area contributed by atoms with Crippen LogP contribution in [0.3, 0.4) is 0 Å². The van der Waals surface area contributed by atoms with E-state index in [4.69, 9.17) is 4.74 Å². The summed E-state index contributed by atoms with van der Waals surface area (Å²) in [5, 5.41) is 21.4. The van der Waals surface area contributed by atoms with Crippen LogP contribution in [-0.2, 0) is 14.3 Å². The molecule has 0 aliphatic heterocycles. The number of carboxylic acids is 1. The molecule has 0 heterocycles. The molecule has 0 spiro atoms. The minimum absolute atomic E-state index is 0.0563. The summed E-state index contributed by atoms with van der Waals surface area (Å²) in [4.78, 5) is 38.4. The van der Waals surface area contributed by atoms with Gasteiger partial charge in [0.1, 0.15) is 13.2 Å². The number of carbonyl (C=O) groups is 3. The lowest BCUT2D eigenvalue weighted by molar-refractivity contribution is -0.147. The molecule has 2 aromatic carbocycles. The smallest absolute Gasteiger partial charge is 0.407 e. The SMILES string of the molecule is O=C(O)CN(CCO)C(=O)[C@@H]1CCCCC[C@@H]1NC(=O)OCC1c2ccccc2-c2ccccc21. The number of ether oxygens (including phenoxy) is 1. The van der Waals surface area contributed by atoms with Crippen LogP contribution in [0.2, 0.25) is 0 Å². The summed E-state index contributed by atoms with van der Waals surface area (Å²) in [5.41, 5.74) is 4.54. The first-order chi connectivity index (χ1) is 17.0. The van der Waals surface area contributed by atoms with Crippen LogP contribution >= 0.6 is 0 Å². The molecule has 1 saturated carbocycles. The van der Waals surface area contributed by atoms with Gasteiger partial charge in [-0.25, -0.2) is 4.79 Å². The van der Waals surface area contributed by atoms with Crippen LogP contribution < -0.4 is 5.32 Å². The molecule has 2 aliphatic rings. The number of benzene rings is 2. The summed E-state index contributed by atoms with van der Waals surface area (Å²) in [6.07, 6.45) is 3.19. The third-order valence-electron chi connectivity index (χ3n) is 6.99. The summed E-state index contributed by atoms with van der Waals surface area (Å²) >= 11 is 0. The second-order valence-electron chi connectivity index (χ2n) is 9.20. The molecule has 8 heteroatoms. The van der Waals surface area contributed by atoms with E-state index in [0.717, 1.165) is 46.4 Å². The fraction of sp³-hybridized carbons (Fsp3) is 0.444. The van der Waals surface area contributed by atoms with Crippen molar-refractivity contribution in [1.82, 2.24) is 10.2 Å². The number of amides is 2. The summed E-state index contributed by atoms with van der Waals surface area (Å²) in [6.45, 7) is -0.677. The van der Waals surface area contributed by atoms with Crippen LogP contribution in [0.25, 0.3) is 11.1 Å². The number of aliphatic hydroxyl groups excluding tert-OH is 1. The average molecular weight is 481 g/mol. The predicted octanol–water partition coefficient (Wildman–Crippen LogP) is 3.38. The number of hydrogen-bond donors (Lipinski definition) is 3. The molecule has 0 radical (unpaired) electrons. The maximum atomic E-state index is 13.2. The van der Waals surface area contributed by atoms with E-state index >= 15 is 0 Å². The molecule has 2 atom stereocenters. The Labute approximate surface area is 204 Å². The van der Waals surface area contributed by atoms with Crippen molar-refractivity contribution in [3.63, 3.8) is 0 Å². The Morgan fingerprint density at radius 2 is 1.57 bits per heavy atom. The van der Waals surface area contributed by atoms with Crippen LogP contribution in [0.5, 0.6) is 0 Å². The van der Waals surface area contributed by atoms with Crippen LogP contribution in [0, 0.1) is 5.92 Å². The monoisotopic (exact) mass is 480 g/mol. The predicted molar refractivity (Wildman–Crippen MR) is 130 cm³/mol. The van der Waals surface area contributed by atoms with Crippen LogP contribution in [-0.4, -0.2) is 65.4 Å². The third kappa shape index (κ3) is 5.65. The first kappa shape index (κ1) is 24.7. The lowest BCUT2D eigenvalue weighted by atomic mass is 9.93. The molecule has 0 unspecified atom stereocenters. The van der Waals surface area contributed by atoms with Gasteiger partial charge in [0, 0.05) is 18.5 Å². The Morgan fingerprint density at radius 3 is 2.20 bits per heavy atom. The van der Waals surface area contributed by atoms with Crippen molar-refractivity contribution in [2.24, 2.45) is 5.92 Å². The molecule has 1 fully saturated rings. The molecule has 0 bridgehead atoms. The van der Waals surface area contributed by atoms with Gasteiger partial charge in [0.25, 0.3) is 0 Å². The molecule has 186 valence electrons. The molecule has 0 saturated heterocycles. The maximum absolute atomic E-state index is 13.2. The quantitative estimate of drug-likeness (QED) is 0.499. The van der Waals surface area contributed by atoms with E-state index in [0.29, 0.717) is 12.8 Å². The summed E-state index contributed by atoms with van der Waals surface area (Å²) < 4.78 is 5.67. The molecule has 8 nitrogen and oxygen atoms in total. The molecule has 3 N–H and O–H groups in total. The number of alkyl carbamates (subject to hydrolysis) is 1. The first-order valence-corrected chi connectivity index (χ1v) is 12.2. The van der Waals surface area contributed by atoms with Crippen molar-refractivity contribution in [1.29, 1.82) is 0 Å². The number of aliphatic carboxylic acids is 1. The summed E-state index contributed by atoms with van der Waals surface area (Å²) in [7, 11) is 0. The number of nitrogens with zero attached hydrogens (tertiary/aromatic N) is 1. The van der Waals surface area contributed by atoms with Gasteiger partial charge in [-0.1, -0.05) is 67.8 Å². The minimum atomic E-state index is -1.14. The topological polar surface area (TPSA) is 116 Å². The number of carboxylic acid groups (broad SMARTS) is 1. The van der Waals surface area contributed by atoms with Gasteiger partial charge in [0.05, 0.1) is 12.5 Å². The zero-order chi connectivity index (χ0) is 24.8. The fourth-order valence-corrected chi connectivity index (χ4v) is 5.35. The molecular weight excluding hydrogens is 448 g/mol. The van der Waals surface area contributed by atoms with Crippen molar-refractivity contribution in [2.45, 2.75) is 44.1 Å². The Bertz CT molecular complexity index is 1030. The van der Waals surface area contributed by atoms with Gasteiger partial charge in [0.2, 0.25) is 5.91 Å². The number of aliphatic hydroxyl groups is 1. The standard InChI is InChI=1S/C27H32N2O6/c30-15-14-29(16-25(31)32)26(33)22-12-2-1-3-13-24(22)28-27(34)35-17-23-20-10-6-4-8-18(20)19-9-5-7-11-21(19)23/h4-11,22-24,30H,1-3,12-17H2,(H,28,34)(H,31,32)/t22-,24+/m1/s1. The van der Waals surface area contributed by atoms with E-state index in [1.165, 1.54) is 0 Å². The Morgan fingerprint density at radius 1 is 0.943 bits per heavy atom. The Hall–Kier alpha value is -3.39. The number of carbonyl (C=O) groups excluding carboxylic acids is 2. The number of rotatable bonds is 8. The molecule has 4 rings (SSSR count). The van der Waals surface area contributed by atoms with Crippen molar-refractivity contribution in [3.05, 3.63) is 59.7 Å². The first-order valence-electron chi connectivity index (χ1n) is 12.2. The van der Waals surface area contributed by atoms with Gasteiger partial charge in [-0.15, -0.1) is 0 Å². The largest absolute Gasteiger partial charge is 0.480 e. The van der Waals surface area contributed by atoms with Crippen LogP contribution in [0.15, 0.2) is 48.5 Å². The highest BCUT2D eigenvalue weighted by Crippen LogP contribution is 2.44. The normalized spacial score (nSPS) is 19.2. The third-order valence-corrected chi connectivity index (χ3v) is 6.99. The van der Waals surface area contributed by atoms with Gasteiger partial charge in [-0.05, 0) is 35.1 Å². The van der Waals surface area contributed by atoms with Crippen molar-refractivity contribution in [2.75, 3.05) is 26.3 Å². The van der Waals surface area contributed by atoms with Crippen LogP contribution in [0.1, 0.15) is 49.1 Å². The van der Waals surface area contributed by atoms with Gasteiger partial charge in [0.15, 0.2) is 0 Å². The number of fused-ring (bicyclic) bond motifs is 3. The molecule has 2 amide bonds. The molecule has 35 heavy (non-hydrogen) atoms.